The number of likely N-dealkylation sites (tertiary alicyclic amines) is 1. The minimum atomic E-state index is 0.0160. The van der Waals surface area contributed by atoms with Gasteiger partial charge in [0.1, 0.15) is 5.01 Å². The molecule has 0 aliphatic carbocycles. The maximum absolute atomic E-state index is 12.5. The lowest BCUT2D eigenvalue weighted by atomic mass is 10.2. The zero-order valence-electron chi connectivity index (χ0n) is 13.0. The Bertz CT molecular complexity index is 663. The number of thiazole rings is 1. The summed E-state index contributed by atoms with van der Waals surface area (Å²) in [6.45, 7) is 2.23. The lowest BCUT2D eigenvalue weighted by molar-refractivity contribution is 0.108. The third kappa shape index (κ3) is 3.05. The number of carbonyl (C=O) groups excluding carboxylic acids is 1. The molecule has 6 heteroatoms. The van der Waals surface area contributed by atoms with E-state index < -0.39 is 0 Å². The van der Waals surface area contributed by atoms with Crippen molar-refractivity contribution >= 4 is 27.6 Å². The van der Waals surface area contributed by atoms with E-state index >= 15 is 0 Å². The number of hydrogen-bond acceptors (Lipinski definition) is 4. The molecule has 1 aromatic heterocycles. The largest absolute Gasteiger partial charge is 0.376 e. The van der Waals surface area contributed by atoms with Gasteiger partial charge in [0.15, 0.2) is 0 Å². The molecule has 0 unspecified atom stereocenters. The Morgan fingerprint density at radius 3 is 3.09 bits per heavy atom. The predicted octanol–water partition coefficient (Wildman–Crippen LogP) is 3.32. The lowest BCUT2D eigenvalue weighted by Gasteiger charge is -2.24. The molecule has 2 fully saturated rings. The van der Waals surface area contributed by atoms with Crippen LogP contribution >= 0.6 is 11.3 Å². The number of fused-ring (bicyclic) bond motifs is 1. The van der Waals surface area contributed by atoms with E-state index in [9.17, 15) is 4.79 Å². The number of nitrogens with zero attached hydrogens (tertiary/aromatic N) is 2. The number of para-hydroxylation sites is 1. The van der Waals surface area contributed by atoms with Crippen LogP contribution in [-0.4, -0.2) is 41.7 Å². The van der Waals surface area contributed by atoms with Crippen LogP contribution in [0.5, 0.6) is 0 Å². The highest BCUT2D eigenvalue weighted by atomic mass is 32.1. The molecule has 2 atom stereocenters. The van der Waals surface area contributed by atoms with Gasteiger partial charge in [0.05, 0.1) is 22.4 Å². The van der Waals surface area contributed by atoms with Crippen LogP contribution < -0.4 is 5.32 Å². The van der Waals surface area contributed by atoms with E-state index in [0.717, 1.165) is 49.4 Å². The second kappa shape index (κ2) is 6.45. The first kappa shape index (κ1) is 14.9. The molecule has 5 nitrogen and oxygen atoms in total. The van der Waals surface area contributed by atoms with Crippen molar-refractivity contribution in [3.63, 3.8) is 0 Å². The van der Waals surface area contributed by atoms with Gasteiger partial charge in [0.25, 0.3) is 0 Å². The van der Waals surface area contributed by atoms with E-state index in [1.54, 1.807) is 11.3 Å². The number of urea groups is 1. The van der Waals surface area contributed by atoms with Crippen LogP contribution in [-0.2, 0) is 4.74 Å². The molecule has 1 N–H and O–H groups in total. The van der Waals surface area contributed by atoms with E-state index in [1.807, 2.05) is 23.1 Å². The minimum absolute atomic E-state index is 0.0160. The number of ether oxygens (including phenoxy) is 1. The van der Waals surface area contributed by atoms with E-state index in [-0.39, 0.29) is 18.2 Å². The zero-order valence-corrected chi connectivity index (χ0v) is 13.8. The summed E-state index contributed by atoms with van der Waals surface area (Å²) in [6.07, 6.45) is 4.35. The molecular weight excluding hydrogens is 310 g/mol. The third-order valence-electron chi connectivity index (χ3n) is 4.61. The molecule has 0 radical (unpaired) electrons. The van der Waals surface area contributed by atoms with Gasteiger partial charge in [-0.25, -0.2) is 9.78 Å². The number of aromatic nitrogens is 1. The fraction of sp³-hybridized carbons (Fsp3) is 0.529. The number of carbonyl (C=O) groups is 1. The molecule has 122 valence electrons. The number of rotatable bonds is 3. The molecule has 23 heavy (non-hydrogen) atoms. The highest BCUT2D eigenvalue weighted by Gasteiger charge is 2.32. The Labute approximate surface area is 139 Å². The van der Waals surface area contributed by atoms with Crippen molar-refractivity contribution in [3.8, 4) is 0 Å². The van der Waals surface area contributed by atoms with Gasteiger partial charge >= 0.3 is 6.03 Å². The van der Waals surface area contributed by atoms with Gasteiger partial charge in [-0.05, 0) is 37.8 Å². The highest BCUT2D eigenvalue weighted by Crippen LogP contribution is 2.36. The summed E-state index contributed by atoms with van der Waals surface area (Å²) < 4.78 is 6.76. The van der Waals surface area contributed by atoms with Gasteiger partial charge < -0.3 is 15.0 Å². The summed E-state index contributed by atoms with van der Waals surface area (Å²) in [6, 6.07) is 8.29. The average molecular weight is 331 g/mol. The van der Waals surface area contributed by atoms with Crippen molar-refractivity contribution in [1.29, 1.82) is 0 Å². The Hall–Kier alpha value is -1.66. The first-order chi connectivity index (χ1) is 11.3. The standard InChI is InChI=1S/C17H21N3O2S/c21-17(18-11-12-5-4-10-22-12)20-9-3-7-14(20)16-19-13-6-1-2-8-15(13)23-16/h1-2,6,8,12,14H,3-5,7,9-11H2,(H,18,21)/t12-,14-/m1/s1. The van der Waals surface area contributed by atoms with Crippen molar-refractivity contribution in [3.05, 3.63) is 29.3 Å². The van der Waals surface area contributed by atoms with Crippen molar-refractivity contribution < 1.29 is 9.53 Å². The smallest absolute Gasteiger partial charge is 0.318 e. The Morgan fingerprint density at radius 1 is 1.35 bits per heavy atom. The predicted molar refractivity (Wildman–Crippen MR) is 90.7 cm³/mol. The molecule has 4 rings (SSSR count). The maximum Gasteiger partial charge on any atom is 0.318 e. The van der Waals surface area contributed by atoms with Gasteiger partial charge in [-0.1, -0.05) is 12.1 Å². The molecule has 0 saturated carbocycles. The van der Waals surface area contributed by atoms with Crippen LogP contribution in [0.1, 0.15) is 36.7 Å². The Morgan fingerprint density at radius 2 is 2.26 bits per heavy atom. The summed E-state index contributed by atoms with van der Waals surface area (Å²) in [5.41, 5.74) is 1.03. The number of nitrogens with one attached hydrogen (secondary N) is 1. The minimum Gasteiger partial charge on any atom is -0.376 e. The van der Waals surface area contributed by atoms with Gasteiger partial charge in [0, 0.05) is 19.7 Å². The van der Waals surface area contributed by atoms with Crippen molar-refractivity contribution in [2.45, 2.75) is 37.8 Å². The molecule has 3 heterocycles. The second-order valence-electron chi connectivity index (χ2n) is 6.19. The van der Waals surface area contributed by atoms with E-state index in [0.29, 0.717) is 6.54 Å². The fourth-order valence-electron chi connectivity index (χ4n) is 3.41. The van der Waals surface area contributed by atoms with E-state index in [1.165, 1.54) is 4.70 Å². The number of amides is 2. The van der Waals surface area contributed by atoms with E-state index in [2.05, 4.69) is 11.4 Å². The first-order valence-corrected chi connectivity index (χ1v) is 9.14. The van der Waals surface area contributed by atoms with Crippen molar-refractivity contribution in [2.24, 2.45) is 0 Å². The van der Waals surface area contributed by atoms with Crippen LogP contribution in [0.15, 0.2) is 24.3 Å². The first-order valence-electron chi connectivity index (χ1n) is 8.33. The Balaban J connectivity index is 1.46. The Kier molecular flexibility index (Phi) is 4.18. The number of benzene rings is 1. The molecule has 2 aliphatic heterocycles. The summed E-state index contributed by atoms with van der Waals surface area (Å²) in [7, 11) is 0. The quantitative estimate of drug-likeness (QED) is 0.939. The van der Waals surface area contributed by atoms with Crippen LogP contribution in [0.25, 0.3) is 10.2 Å². The van der Waals surface area contributed by atoms with Crippen molar-refractivity contribution in [2.75, 3.05) is 19.7 Å². The summed E-state index contributed by atoms with van der Waals surface area (Å²) in [5, 5.41) is 4.09. The molecule has 0 bridgehead atoms. The molecular formula is C17H21N3O2S. The maximum atomic E-state index is 12.5. The summed E-state index contributed by atoms with van der Waals surface area (Å²) in [4.78, 5) is 19.2. The fourth-order valence-corrected chi connectivity index (χ4v) is 4.52. The summed E-state index contributed by atoms with van der Waals surface area (Å²) in [5.74, 6) is 0. The monoisotopic (exact) mass is 331 g/mol. The van der Waals surface area contributed by atoms with Gasteiger partial charge in [-0.3, -0.25) is 0 Å². The van der Waals surface area contributed by atoms with Gasteiger partial charge in [0.2, 0.25) is 0 Å². The second-order valence-corrected chi connectivity index (χ2v) is 7.25. The van der Waals surface area contributed by atoms with Crippen molar-refractivity contribution in [1.82, 2.24) is 15.2 Å². The van der Waals surface area contributed by atoms with Gasteiger partial charge in [-0.2, -0.15) is 0 Å². The topological polar surface area (TPSA) is 54.5 Å². The molecule has 2 amide bonds. The van der Waals surface area contributed by atoms with Crippen LogP contribution in [0.2, 0.25) is 0 Å². The normalized spacial score (nSPS) is 24.4. The molecule has 0 spiro atoms. The average Bonchev–Trinajstić information content (AvgIpc) is 3.31. The molecule has 1 aromatic carbocycles. The zero-order chi connectivity index (χ0) is 15.6. The molecule has 2 saturated heterocycles. The lowest BCUT2D eigenvalue weighted by Crippen LogP contribution is -2.42. The van der Waals surface area contributed by atoms with E-state index in [4.69, 9.17) is 9.72 Å². The molecule has 2 aliphatic rings. The highest BCUT2D eigenvalue weighted by molar-refractivity contribution is 7.18. The van der Waals surface area contributed by atoms with Crippen LogP contribution in [0, 0.1) is 0 Å². The SMILES string of the molecule is O=C(NC[C@H]1CCCO1)N1CCC[C@@H]1c1nc2ccccc2s1. The summed E-state index contributed by atoms with van der Waals surface area (Å²) >= 11 is 1.70. The van der Waals surface area contributed by atoms with Crippen LogP contribution in [0.3, 0.4) is 0 Å². The number of hydrogen-bond donors (Lipinski definition) is 1. The third-order valence-corrected chi connectivity index (χ3v) is 5.75. The van der Waals surface area contributed by atoms with Crippen LogP contribution in [0.4, 0.5) is 4.79 Å². The molecule has 2 aromatic rings. The van der Waals surface area contributed by atoms with Gasteiger partial charge in [-0.15, -0.1) is 11.3 Å².